The van der Waals surface area contributed by atoms with Gasteiger partial charge in [0.2, 0.25) is 5.91 Å². The number of nitrogens with zero attached hydrogens (tertiary/aromatic N) is 1. The predicted octanol–water partition coefficient (Wildman–Crippen LogP) is 2.05. The molecule has 0 aliphatic heterocycles. The Morgan fingerprint density at radius 2 is 2.05 bits per heavy atom. The molecule has 0 bridgehead atoms. The zero-order valence-corrected chi connectivity index (χ0v) is 12.4. The molecule has 1 unspecified atom stereocenters. The summed E-state index contributed by atoms with van der Waals surface area (Å²) in [6.45, 7) is 5.76. The smallest absolute Gasteiger partial charge is 0.223 e. The Bertz CT molecular complexity index is 409. The third-order valence-electron chi connectivity index (χ3n) is 2.97. The first-order chi connectivity index (χ1) is 9.52. The Morgan fingerprint density at radius 3 is 2.65 bits per heavy atom. The molecule has 0 aliphatic carbocycles. The van der Waals surface area contributed by atoms with Crippen LogP contribution in [0.25, 0.3) is 0 Å². The van der Waals surface area contributed by atoms with E-state index in [0.717, 1.165) is 6.54 Å². The normalized spacial score (nSPS) is 12.0. The summed E-state index contributed by atoms with van der Waals surface area (Å²) in [5, 5.41) is 3.20. The summed E-state index contributed by atoms with van der Waals surface area (Å²) >= 11 is 0. The lowest BCUT2D eigenvalue weighted by Crippen LogP contribution is -2.36. The monoisotopic (exact) mass is 282 g/mol. The molecule has 20 heavy (non-hydrogen) atoms. The van der Waals surface area contributed by atoms with E-state index in [-0.39, 0.29) is 17.8 Å². The SMILES string of the molecule is CCNC(C)CC(=O)N(C)CCOc1ccc(F)cc1. The van der Waals surface area contributed by atoms with Crippen LogP contribution in [0.5, 0.6) is 5.75 Å². The van der Waals surface area contributed by atoms with Crippen LogP contribution in [-0.4, -0.2) is 43.6 Å². The predicted molar refractivity (Wildman–Crippen MR) is 77.3 cm³/mol. The highest BCUT2D eigenvalue weighted by Gasteiger charge is 2.12. The van der Waals surface area contributed by atoms with Crippen LogP contribution >= 0.6 is 0 Å². The fourth-order valence-corrected chi connectivity index (χ4v) is 1.79. The van der Waals surface area contributed by atoms with E-state index in [0.29, 0.717) is 25.3 Å². The first kappa shape index (κ1) is 16.4. The lowest BCUT2D eigenvalue weighted by atomic mass is 10.2. The van der Waals surface area contributed by atoms with Crippen molar-refractivity contribution in [1.82, 2.24) is 10.2 Å². The van der Waals surface area contributed by atoms with E-state index in [4.69, 9.17) is 4.74 Å². The van der Waals surface area contributed by atoms with Crippen molar-refractivity contribution in [2.24, 2.45) is 0 Å². The second-order valence-electron chi connectivity index (χ2n) is 4.78. The van der Waals surface area contributed by atoms with Gasteiger partial charge in [-0.05, 0) is 37.7 Å². The van der Waals surface area contributed by atoms with E-state index in [1.807, 2.05) is 13.8 Å². The molecule has 0 spiro atoms. The largest absolute Gasteiger partial charge is 0.492 e. The van der Waals surface area contributed by atoms with E-state index < -0.39 is 0 Å². The van der Waals surface area contributed by atoms with Crippen LogP contribution in [0.3, 0.4) is 0 Å². The minimum atomic E-state index is -0.290. The topological polar surface area (TPSA) is 41.6 Å². The number of hydrogen-bond donors (Lipinski definition) is 1. The number of rotatable bonds is 8. The van der Waals surface area contributed by atoms with Gasteiger partial charge in [0.15, 0.2) is 0 Å². The van der Waals surface area contributed by atoms with Gasteiger partial charge in [-0.25, -0.2) is 4.39 Å². The number of halogens is 1. The van der Waals surface area contributed by atoms with Gasteiger partial charge in [-0.3, -0.25) is 4.79 Å². The van der Waals surface area contributed by atoms with E-state index >= 15 is 0 Å². The second kappa shape index (κ2) is 8.53. The fourth-order valence-electron chi connectivity index (χ4n) is 1.79. The zero-order chi connectivity index (χ0) is 15.0. The fraction of sp³-hybridized carbons (Fsp3) is 0.533. The number of ether oxygens (including phenoxy) is 1. The van der Waals surface area contributed by atoms with Gasteiger partial charge in [-0.2, -0.15) is 0 Å². The summed E-state index contributed by atoms with van der Waals surface area (Å²) in [6.07, 6.45) is 0.473. The second-order valence-corrected chi connectivity index (χ2v) is 4.78. The molecule has 0 heterocycles. The minimum Gasteiger partial charge on any atom is -0.492 e. The van der Waals surface area contributed by atoms with E-state index in [1.165, 1.54) is 12.1 Å². The molecular formula is C15H23FN2O2. The average Bonchev–Trinajstić information content (AvgIpc) is 2.41. The first-order valence-corrected chi connectivity index (χ1v) is 6.88. The van der Waals surface area contributed by atoms with Crippen molar-refractivity contribution in [2.75, 3.05) is 26.7 Å². The summed E-state index contributed by atoms with van der Waals surface area (Å²) in [7, 11) is 1.76. The van der Waals surface area contributed by atoms with Gasteiger partial charge in [0, 0.05) is 19.5 Å². The number of carbonyl (C=O) groups excluding carboxylic acids is 1. The quantitative estimate of drug-likeness (QED) is 0.793. The number of carbonyl (C=O) groups is 1. The summed E-state index contributed by atoms with van der Waals surface area (Å²) in [5.74, 6) is 0.400. The van der Waals surface area contributed by atoms with Gasteiger partial charge in [0.05, 0.1) is 6.54 Å². The van der Waals surface area contributed by atoms with Crippen molar-refractivity contribution in [3.8, 4) is 5.75 Å². The molecule has 1 amide bonds. The number of amides is 1. The molecule has 4 nitrogen and oxygen atoms in total. The molecule has 0 saturated heterocycles. The highest BCUT2D eigenvalue weighted by atomic mass is 19.1. The van der Waals surface area contributed by atoms with Crippen molar-refractivity contribution < 1.29 is 13.9 Å². The van der Waals surface area contributed by atoms with Gasteiger partial charge < -0.3 is 15.0 Å². The summed E-state index contributed by atoms with van der Waals surface area (Å²) in [6, 6.07) is 6.02. The van der Waals surface area contributed by atoms with E-state index in [9.17, 15) is 9.18 Å². The summed E-state index contributed by atoms with van der Waals surface area (Å²) in [5.41, 5.74) is 0. The van der Waals surface area contributed by atoms with Crippen LogP contribution in [0.15, 0.2) is 24.3 Å². The van der Waals surface area contributed by atoms with Crippen LogP contribution in [0, 0.1) is 5.82 Å². The number of nitrogens with one attached hydrogen (secondary N) is 1. The number of hydrogen-bond acceptors (Lipinski definition) is 3. The number of likely N-dealkylation sites (N-methyl/N-ethyl adjacent to an activating group) is 1. The summed E-state index contributed by atoms with van der Waals surface area (Å²) in [4.78, 5) is 13.5. The van der Waals surface area contributed by atoms with E-state index in [2.05, 4.69) is 5.32 Å². The Labute approximate surface area is 119 Å². The first-order valence-electron chi connectivity index (χ1n) is 6.88. The van der Waals surface area contributed by atoms with Crippen molar-refractivity contribution in [2.45, 2.75) is 26.3 Å². The van der Waals surface area contributed by atoms with Gasteiger partial charge in [-0.1, -0.05) is 6.92 Å². The van der Waals surface area contributed by atoms with Crippen LogP contribution < -0.4 is 10.1 Å². The molecule has 0 aromatic heterocycles. The molecule has 1 N–H and O–H groups in total. The molecule has 0 fully saturated rings. The molecule has 112 valence electrons. The Morgan fingerprint density at radius 1 is 1.40 bits per heavy atom. The van der Waals surface area contributed by atoms with Crippen LogP contribution in [0.2, 0.25) is 0 Å². The van der Waals surface area contributed by atoms with Gasteiger partial charge in [0.1, 0.15) is 18.2 Å². The van der Waals surface area contributed by atoms with Crippen LogP contribution in [0.4, 0.5) is 4.39 Å². The lowest BCUT2D eigenvalue weighted by molar-refractivity contribution is -0.130. The maximum atomic E-state index is 12.7. The third-order valence-corrected chi connectivity index (χ3v) is 2.97. The van der Waals surface area contributed by atoms with Gasteiger partial charge in [-0.15, -0.1) is 0 Å². The molecule has 5 heteroatoms. The Balaban J connectivity index is 2.26. The highest BCUT2D eigenvalue weighted by Crippen LogP contribution is 2.10. The average molecular weight is 282 g/mol. The van der Waals surface area contributed by atoms with Gasteiger partial charge >= 0.3 is 0 Å². The molecule has 0 radical (unpaired) electrons. The van der Waals surface area contributed by atoms with Crippen LogP contribution in [0.1, 0.15) is 20.3 Å². The molecular weight excluding hydrogens is 259 g/mol. The van der Waals surface area contributed by atoms with Crippen LogP contribution in [-0.2, 0) is 4.79 Å². The van der Waals surface area contributed by atoms with Crippen molar-refractivity contribution in [1.29, 1.82) is 0 Å². The molecule has 0 aliphatic rings. The molecule has 1 aromatic rings. The summed E-state index contributed by atoms with van der Waals surface area (Å²) < 4.78 is 18.2. The minimum absolute atomic E-state index is 0.0844. The number of benzene rings is 1. The molecule has 1 atom stereocenters. The zero-order valence-electron chi connectivity index (χ0n) is 12.4. The van der Waals surface area contributed by atoms with Crippen molar-refractivity contribution in [3.05, 3.63) is 30.1 Å². The molecule has 1 rings (SSSR count). The maximum Gasteiger partial charge on any atom is 0.223 e. The van der Waals surface area contributed by atoms with Crippen molar-refractivity contribution >= 4 is 5.91 Å². The van der Waals surface area contributed by atoms with Crippen molar-refractivity contribution in [3.63, 3.8) is 0 Å². The molecule has 1 aromatic carbocycles. The highest BCUT2D eigenvalue weighted by molar-refractivity contribution is 5.76. The van der Waals surface area contributed by atoms with E-state index in [1.54, 1.807) is 24.1 Å². The maximum absolute atomic E-state index is 12.7. The molecule has 0 saturated carbocycles. The third kappa shape index (κ3) is 6.02. The lowest BCUT2D eigenvalue weighted by Gasteiger charge is -2.20. The van der Waals surface area contributed by atoms with Gasteiger partial charge in [0.25, 0.3) is 0 Å². The Kier molecular flexibility index (Phi) is 7.01. The Hall–Kier alpha value is -1.62. The standard InChI is InChI=1S/C15H23FN2O2/c1-4-17-12(2)11-15(19)18(3)9-10-20-14-7-5-13(16)6-8-14/h5-8,12,17H,4,9-11H2,1-3H3.